The van der Waals surface area contributed by atoms with Gasteiger partial charge in [0.05, 0.1) is 5.69 Å². The fraction of sp³-hybridized carbons (Fsp3) is 0.182. The molecule has 5 nitrogen and oxygen atoms in total. The lowest BCUT2D eigenvalue weighted by Gasteiger charge is -2.28. The molecule has 0 unspecified atom stereocenters. The molecule has 3 heterocycles. The van der Waals surface area contributed by atoms with Crippen molar-refractivity contribution in [3.05, 3.63) is 76.7 Å². The quantitative estimate of drug-likeness (QED) is 0.509. The van der Waals surface area contributed by atoms with E-state index in [2.05, 4.69) is 21.1 Å². The van der Waals surface area contributed by atoms with Crippen molar-refractivity contribution in [1.82, 2.24) is 19.9 Å². The van der Waals surface area contributed by atoms with Crippen LogP contribution in [-0.4, -0.2) is 26.4 Å². The van der Waals surface area contributed by atoms with Gasteiger partial charge in [-0.1, -0.05) is 11.6 Å². The Morgan fingerprint density at radius 2 is 2.00 bits per heavy atom. The minimum atomic E-state index is 0.746. The number of anilines is 1. The predicted molar refractivity (Wildman–Crippen MR) is 113 cm³/mol. The standard InChI is InChI=1S/C22H20ClN5/c23-17-3-6-21-19(9-17)15(10-25-21)12-28-8-7-20-16(13-28)11-26-22(27-20)14-1-4-18(24)5-2-14/h1-6,9-11,25H,7-8,12-13,24H2. The van der Waals surface area contributed by atoms with E-state index in [1.807, 2.05) is 48.7 Å². The van der Waals surface area contributed by atoms with E-state index in [0.29, 0.717) is 0 Å². The molecule has 0 saturated carbocycles. The maximum atomic E-state index is 6.18. The number of fused-ring (bicyclic) bond motifs is 2. The molecular formula is C22H20ClN5. The summed E-state index contributed by atoms with van der Waals surface area (Å²) < 4.78 is 0. The number of benzene rings is 2. The van der Waals surface area contributed by atoms with Crippen LogP contribution in [0.2, 0.25) is 5.02 Å². The summed E-state index contributed by atoms with van der Waals surface area (Å²) in [6, 6.07) is 13.7. The zero-order valence-electron chi connectivity index (χ0n) is 15.3. The third-order valence-corrected chi connectivity index (χ3v) is 5.54. The van der Waals surface area contributed by atoms with Crippen molar-refractivity contribution >= 4 is 28.2 Å². The van der Waals surface area contributed by atoms with Crippen molar-refractivity contribution in [2.75, 3.05) is 12.3 Å². The number of rotatable bonds is 3. The Hall–Kier alpha value is -2.89. The Kier molecular flexibility index (Phi) is 4.26. The van der Waals surface area contributed by atoms with Gasteiger partial charge in [-0.15, -0.1) is 0 Å². The summed E-state index contributed by atoms with van der Waals surface area (Å²) in [6.07, 6.45) is 4.96. The van der Waals surface area contributed by atoms with E-state index in [1.54, 1.807) is 0 Å². The minimum absolute atomic E-state index is 0.746. The first-order valence-electron chi connectivity index (χ1n) is 9.34. The molecule has 1 aliphatic rings. The highest BCUT2D eigenvalue weighted by Gasteiger charge is 2.20. The van der Waals surface area contributed by atoms with Gasteiger partial charge in [-0.25, -0.2) is 9.97 Å². The zero-order chi connectivity index (χ0) is 19.1. The number of aromatic nitrogens is 3. The maximum Gasteiger partial charge on any atom is 0.159 e. The second kappa shape index (κ2) is 6.93. The molecule has 0 fully saturated rings. The lowest BCUT2D eigenvalue weighted by atomic mass is 10.1. The van der Waals surface area contributed by atoms with Crippen molar-refractivity contribution in [2.24, 2.45) is 0 Å². The van der Waals surface area contributed by atoms with Crippen LogP contribution in [0.3, 0.4) is 0 Å². The molecule has 0 bridgehead atoms. The molecule has 0 spiro atoms. The lowest BCUT2D eigenvalue weighted by molar-refractivity contribution is 0.244. The van der Waals surface area contributed by atoms with Crippen LogP contribution in [0, 0.1) is 0 Å². The van der Waals surface area contributed by atoms with E-state index in [4.69, 9.17) is 22.3 Å². The van der Waals surface area contributed by atoms with Crippen molar-refractivity contribution in [2.45, 2.75) is 19.5 Å². The van der Waals surface area contributed by atoms with Crippen LogP contribution in [0.15, 0.2) is 54.9 Å². The van der Waals surface area contributed by atoms with E-state index < -0.39 is 0 Å². The van der Waals surface area contributed by atoms with E-state index in [9.17, 15) is 0 Å². The van der Waals surface area contributed by atoms with E-state index in [-0.39, 0.29) is 0 Å². The van der Waals surface area contributed by atoms with Gasteiger partial charge in [-0.3, -0.25) is 4.90 Å². The van der Waals surface area contributed by atoms with Crippen LogP contribution in [-0.2, 0) is 19.5 Å². The Labute approximate surface area is 168 Å². The first-order valence-corrected chi connectivity index (χ1v) is 9.72. The number of nitrogen functional groups attached to an aromatic ring is 1. The summed E-state index contributed by atoms with van der Waals surface area (Å²) >= 11 is 6.18. The number of hydrogen-bond donors (Lipinski definition) is 2. The number of nitrogens with zero attached hydrogens (tertiary/aromatic N) is 3. The van der Waals surface area contributed by atoms with Crippen LogP contribution >= 0.6 is 11.6 Å². The number of hydrogen-bond acceptors (Lipinski definition) is 4. The van der Waals surface area contributed by atoms with Crippen molar-refractivity contribution in [1.29, 1.82) is 0 Å². The summed E-state index contributed by atoms with van der Waals surface area (Å²) in [5, 5.41) is 1.95. The molecule has 5 rings (SSSR count). The summed E-state index contributed by atoms with van der Waals surface area (Å²) in [7, 11) is 0. The normalized spacial score (nSPS) is 14.3. The Balaban J connectivity index is 1.36. The first kappa shape index (κ1) is 17.2. The van der Waals surface area contributed by atoms with Gasteiger partial charge in [-0.05, 0) is 48.0 Å². The molecule has 140 valence electrons. The van der Waals surface area contributed by atoms with Gasteiger partial charge >= 0.3 is 0 Å². The molecule has 0 radical (unpaired) electrons. The summed E-state index contributed by atoms with van der Waals surface area (Å²) in [5.74, 6) is 0.762. The number of halogens is 1. The monoisotopic (exact) mass is 389 g/mol. The predicted octanol–water partition coefficient (Wildman–Crippen LogP) is 4.42. The highest BCUT2D eigenvalue weighted by molar-refractivity contribution is 6.31. The molecular weight excluding hydrogens is 370 g/mol. The fourth-order valence-corrected chi connectivity index (χ4v) is 3.98. The van der Waals surface area contributed by atoms with Crippen molar-refractivity contribution < 1.29 is 0 Å². The number of H-pyrrole nitrogens is 1. The van der Waals surface area contributed by atoms with Crippen LogP contribution in [0.25, 0.3) is 22.3 Å². The summed E-state index contributed by atoms with van der Waals surface area (Å²) in [6.45, 7) is 2.70. The second-order valence-corrected chi connectivity index (χ2v) is 7.69. The van der Waals surface area contributed by atoms with E-state index in [1.165, 1.54) is 16.5 Å². The Morgan fingerprint density at radius 3 is 2.86 bits per heavy atom. The second-order valence-electron chi connectivity index (χ2n) is 7.25. The van der Waals surface area contributed by atoms with Crippen LogP contribution in [0.1, 0.15) is 16.8 Å². The fourth-order valence-electron chi connectivity index (χ4n) is 3.80. The van der Waals surface area contributed by atoms with Crippen LogP contribution in [0.5, 0.6) is 0 Å². The molecule has 2 aromatic carbocycles. The van der Waals surface area contributed by atoms with Gasteiger partial charge in [0.15, 0.2) is 5.82 Å². The Bertz CT molecular complexity index is 1150. The average molecular weight is 390 g/mol. The zero-order valence-corrected chi connectivity index (χ0v) is 16.1. The molecule has 0 aliphatic carbocycles. The van der Waals surface area contributed by atoms with Gasteiger partial charge in [0.1, 0.15) is 0 Å². The lowest BCUT2D eigenvalue weighted by Crippen LogP contribution is -2.30. The van der Waals surface area contributed by atoms with Crippen molar-refractivity contribution in [3.8, 4) is 11.4 Å². The number of nitrogens with two attached hydrogens (primary N) is 1. The minimum Gasteiger partial charge on any atom is -0.399 e. The first-order chi connectivity index (χ1) is 13.7. The van der Waals surface area contributed by atoms with Gasteiger partial charge in [0.25, 0.3) is 0 Å². The number of nitrogens with one attached hydrogen (secondary N) is 1. The molecule has 3 N–H and O–H groups in total. The van der Waals surface area contributed by atoms with Gasteiger partial charge in [0, 0.05) is 71.2 Å². The average Bonchev–Trinajstić information content (AvgIpc) is 3.10. The molecule has 0 saturated heterocycles. The molecule has 4 aromatic rings. The molecule has 1 aliphatic heterocycles. The smallest absolute Gasteiger partial charge is 0.159 e. The molecule has 6 heteroatoms. The van der Waals surface area contributed by atoms with E-state index in [0.717, 1.165) is 59.4 Å². The highest BCUT2D eigenvalue weighted by Crippen LogP contribution is 2.26. The van der Waals surface area contributed by atoms with Crippen LogP contribution < -0.4 is 5.73 Å². The topological polar surface area (TPSA) is 70.8 Å². The van der Waals surface area contributed by atoms with Gasteiger partial charge in [-0.2, -0.15) is 0 Å². The van der Waals surface area contributed by atoms with Gasteiger partial charge in [0.2, 0.25) is 0 Å². The Morgan fingerprint density at radius 1 is 1.14 bits per heavy atom. The SMILES string of the molecule is Nc1ccc(-c2ncc3c(n2)CCN(Cc2c[nH]c4ccc(Cl)cc24)C3)cc1. The third kappa shape index (κ3) is 3.23. The van der Waals surface area contributed by atoms with Gasteiger partial charge < -0.3 is 10.7 Å². The number of aromatic amines is 1. The largest absolute Gasteiger partial charge is 0.399 e. The summed E-state index contributed by atoms with van der Waals surface area (Å²) in [4.78, 5) is 15.2. The van der Waals surface area contributed by atoms with Crippen LogP contribution in [0.4, 0.5) is 5.69 Å². The maximum absolute atomic E-state index is 6.18. The summed E-state index contributed by atoms with van der Waals surface area (Å²) in [5.41, 5.74) is 12.2. The highest BCUT2D eigenvalue weighted by atomic mass is 35.5. The van der Waals surface area contributed by atoms with E-state index >= 15 is 0 Å². The molecule has 28 heavy (non-hydrogen) atoms. The molecule has 2 aromatic heterocycles. The van der Waals surface area contributed by atoms with Crippen molar-refractivity contribution in [3.63, 3.8) is 0 Å². The third-order valence-electron chi connectivity index (χ3n) is 5.31. The molecule has 0 amide bonds. The molecule has 0 atom stereocenters.